The van der Waals surface area contributed by atoms with E-state index in [1.54, 1.807) is 6.07 Å². The van der Waals surface area contributed by atoms with Crippen molar-refractivity contribution in [2.75, 3.05) is 0 Å². The van der Waals surface area contributed by atoms with Gasteiger partial charge >= 0.3 is 0 Å². The van der Waals surface area contributed by atoms with E-state index in [2.05, 4.69) is 27.6 Å². The predicted molar refractivity (Wildman–Crippen MR) is 42.3 cm³/mol. The van der Waals surface area contributed by atoms with Crippen molar-refractivity contribution in [2.45, 2.75) is 0 Å². The number of halogens is 1. The third-order valence-electron chi connectivity index (χ3n) is 0.737. The van der Waals surface area contributed by atoms with Crippen LogP contribution in [-0.2, 0) is 0 Å². The molecule has 1 heterocycles. The number of hydrogen-bond acceptors (Lipinski definition) is 1. The molecular weight excluding hydrogens is 212 g/mol. The molecule has 1 nitrogen and oxygen atoms in total. The molecule has 1 aromatic heterocycles. The Labute approximate surface area is 63.1 Å². The van der Waals surface area contributed by atoms with E-state index < -0.39 is 0 Å². The molecular formula is C5H3BIN. The third kappa shape index (κ3) is 1.47. The van der Waals surface area contributed by atoms with Gasteiger partial charge in [0, 0.05) is 0 Å². The second-order valence-corrected chi connectivity index (χ2v) is 2.49. The van der Waals surface area contributed by atoms with Crippen molar-refractivity contribution in [3.63, 3.8) is 0 Å². The van der Waals surface area contributed by atoms with Crippen LogP contribution in [0, 0.1) is 3.70 Å². The molecule has 0 aromatic carbocycles. The molecule has 0 aliphatic heterocycles. The first-order valence-electron chi connectivity index (χ1n) is 2.17. The van der Waals surface area contributed by atoms with Crippen LogP contribution in [0.5, 0.6) is 0 Å². The standard InChI is InChI=1S/C5H3BIN/c6-4-2-1-3-5(7)8-4/h1-3H. The van der Waals surface area contributed by atoms with Gasteiger partial charge in [-0.3, -0.25) is 4.98 Å². The molecule has 0 N–H and O–H groups in total. The zero-order valence-electron chi connectivity index (χ0n) is 4.13. The van der Waals surface area contributed by atoms with E-state index in [9.17, 15) is 0 Å². The van der Waals surface area contributed by atoms with Gasteiger partial charge in [-0.25, -0.2) is 0 Å². The molecule has 0 aliphatic carbocycles. The van der Waals surface area contributed by atoms with Gasteiger partial charge in [0.05, 0.1) is 0 Å². The van der Waals surface area contributed by atoms with Gasteiger partial charge in [-0.05, 0) is 34.3 Å². The quantitative estimate of drug-likeness (QED) is 0.348. The lowest BCUT2D eigenvalue weighted by Crippen LogP contribution is -2.07. The second kappa shape index (κ2) is 2.48. The molecule has 1 rings (SSSR count). The summed E-state index contributed by atoms with van der Waals surface area (Å²) in [5, 5.41) is 0. The van der Waals surface area contributed by atoms with Crippen LogP contribution >= 0.6 is 22.6 Å². The molecule has 38 valence electrons. The summed E-state index contributed by atoms with van der Waals surface area (Å²) in [5.74, 6) is 0. The molecule has 0 fully saturated rings. The molecule has 0 saturated carbocycles. The molecule has 0 amide bonds. The highest BCUT2D eigenvalue weighted by atomic mass is 127. The summed E-state index contributed by atoms with van der Waals surface area (Å²) in [6.07, 6.45) is 0. The maximum atomic E-state index is 5.34. The Bertz CT molecular complexity index is 172. The largest absolute Gasteiger partial charge is 0.258 e. The minimum Gasteiger partial charge on any atom is -0.258 e. The molecule has 1 aromatic rings. The molecule has 0 atom stereocenters. The maximum absolute atomic E-state index is 5.34. The first-order valence-corrected chi connectivity index (χ1v) is 3.25. The topological polar surface area (TPSA) is 12.9 Å². The molecule has 2 radical (unpaired) electrons. The van der Waals surface area contributed by atoms with Crippen molar-refractivity contribution in [3.8, 4) is 0 Å². The zero-order valence-corrected chi connectivity index (χ0v) is 6.29. The van der Waals surface area contributed by atoms with Crippen LogP contribution in [0.25, 0.3) is 0 Å². The highest BCUT2D eigenvalue weighted by molar-refractivity contribution is 14.1. The van der Waals surface area contributed by atoms with Crippen LogP contribution in [-0.4, -0.2) is 12.8 Å². The number of rotatable bonds is 0. The molecule has 0 saturated heterocycles. The fraction of sp³-hybridized carbons (Fsp3) is 0. The van der Waals surface area contributed by atoms with E-state index in [0.717, 1.165) is 3.70 Å². The zero-order chi connectivity index (χ0) is 5.98. The number of aromatic nitrogens is 1. The Hall–Kier alpha value is -0.0551. The molecule has 3 heteroatoms. The van der Waals surface area contributed by atoms with Crippen molar-refractivity contribution in [2.24, 2.45) is 0 Å². The van der Waals surface area contributed by atoms with Crippen LogP contribution in [0.15, 0.2) is 18.2 Å². The fourth-order valence-electron chi connectivity index (χ4n) is 0.424. The summed E-state index contributed by atoms with van der Waals surface area (Å²) in [7, 11) is 5.34. The number of hydrogen-bond donors (Lipinski definition) is 0. The summed E-state index contributed by atoms with van der Waals surface area (Å²) >= 11 is 2.11. The van der Waals surface area contributed by atoms with Gasteiger partial charge in [-0.15, -0.1) is 0 Å². The minimum absolute atomic E-state index is 0.580. The lowest BCUT2D eigenvalue weighted by Gasteiger charge is -1.89. The third-order valence-corrected chi connectivity index (χ3v) is 1.34. The Morgan fingerprint density at radius 1 is 1.50 bits per heavy atom. The van der Waals surface area contributed by atoms with Crippen LogP contribution in [0.4, 0.5) is 0 Å². The van der Waals surface area contributed by atoms with Crippen LogP contribution < -0.4 is 5.59 Å². The van der Waals surface area contributed by atoms with E-state index in [-0.39, 0.29) is 0 Å². The Morgan fingerprint density at radius 2 is 2.25 bits per heavy atom. The number of nitrogens with zero attached hydrogens (tertiary/aromatic N) is 1. The lowest BCUT2D eigenvalue weighted by atomic mass is 10.1. The van der Waals surface area contributed by atoms with E-state index in [0.29, 0.717) is 5.59 Å². The van der Waals surface area contributed by atoms with Gasteiger partial charge in [-0.2, -0.15) is 0 Å². The normalized spacial score (nSPS) is 9.12. The molecule has 8 heavy (non-hydrogen) atoms. The first kappa shape index (κ1) is 6.07. The fourth-order valence-corrected chi connectivity index (χ4v) is 0.910. The Kier molecular flexibility index (Phi) is 1.88. The Morgan fingerprint density at radius 3 is 2.62 bits per heavy atom. The molecule has 0 bridgehead atoms. The highest BCUT2D eigenvalue weighted by Gasteiger charge is 1.83. The average molecular weight is 215 g/mol. The monoisotopic (exact) mass is 215 g/mol. The summed E-state index contributed by atoms with van der Waals surface area (Å²) in [6.45, 7) is 0. The SMILES string of the molecule is [B]c1cccc(I)n1. The van der Waals surface area contributed by atoms with E-state index in [1.165, 1.54) is 0 Å². The smallest absolute Gasteiger partial charge is 0.141 e. The van der Waals surface area contributed by atoms with Crippen molar-refractivity contribution >= 4 is 36.0 Å². The Balaban J connectivity index is 3.08. The van der Waals surface area contributed by atoms with Crippen LogP contribution in [0.2, 0.25) is 0 Å². The summed E-state index contributed by atoms with van der Waals surface area (Å²) in [6, 6.07) is 5.54. The predicted octanol–water partition coefficient (Wildman–Crippen LogP) is 0.480. The van der Waals surface area contributed by atoms with Gasteiger partial charge in [-0.1, -0.05) is 12.1 Å². The summed E-state index contributed by atoms with van der Waals surface area (Å²) in [4.78, 5) is 3.94. The minimum atomic E-state index is 0.580. The van der Waals surface area contributed by atoms with Crippen molar-refractivity contribution in [1.29, 1.82) is 0 Å². The van der Waals surface area contributed by atoms with Gasteiger partial charge in [0.15, 0.2) is 0 Å². The van der Waals surface area contributed by atoms with E-state index >= 15 is 0 Å². The van der Waals surface area contributed by atoms with Crippen LogP contribution in [0.3, 0.4) is 0 Å². The molecule has 0 aliphatic rings. The van der Waals surface area contributed by atoms with Gasteiger partial charge in [0.25, 0.3) is 0 Å². The summed E-state index contributed by atoms with van der Waals surface area (Å²) < 4.78 is 0.933. The second-order valence-electron chi connectivity index (χ2n) is 1.39. The van der Waals surface area contributed by atoms with Gasteiger partial charge < -0.3 is 0 Å². The van der Waals surface area contributed by atoms with Crippen LogP contribution in [0.1, 0.15) is 0 Å². The van der Waals surface area contributed by atoms with Gasteiger partial charge in [0.1, 0.15) is 11.5 Å². The average Bonchev–Trinajstić information content (AvgIpc) is 1.64. The highest BCUT2D eigenvalue weighted by Crippen LogP contribution is 1.93. The van der Waals surface area contributed by atoms with Gasteiger partial charge in [0.2, 0.25) is 0 Å². The van der Waals surface area contributed by atoms with Crippen molar-refractivity contribution in [1.82, 2.24) is 4.98 Å². The van der Waals surface area contributed by atoms with E-state index in [1.807, 2.05) is 12.1 Å². The molecule has 0 spiro atoms. The lowest BCUT2D eigenvalue weighted by molar-refractivity contribution is 1.33. The number of pyridine rings is 1. The maximum Gasteiger partial charge on any atom is 0.141 e. The van der Waals surface area contributed by atoms with E-state index in [4.69, 9.17) is 7.85 Å². The first-order chi connectivity index (χ1) is 3.79. The van der Waals surface area contributed by atoms with Crippen molar-refractivity contribution < 1.29 is 0 Å². The van der Waals surface area contributed by atoms with Crippen molar-refractivity contribution in [3.05, 3.63) is 21.9 Å². The summed E-state index contributed by atoms with van der Waals surface area (Å²) in [5.41, 5.74) is 0.580. The molecule has 0 unspecified atom stereocenters.